The van der Waals surface area contributed by atoms with Crippen molar-refractivity contribution in [1.29, 1.82) is 0 Å². The maximum atomic E-state index is 12.0. The second-order valence-electron chi connectivity index (χ2n) is 7.90. The third-order valence-electron chi connectivity index (χ3n) is 5.88. The number of hydrogen-bond acceptors (Lipinski definition) is 4. The SMILES string of the molecule is Nc1nc2ccccc2c2c1ncn2CCCCNC(=O)CCC1CCCC1. The molecule has 28 heavy (non-hydrogen) atoms. The van der Waals surface area contributed by atoms with Gasteiger partial charge in [0.25, 0.3) is 0 Å². The van der Waals surface area contributed by atoms with E-state index in [1.807, 2.05) is 24.5 Å². The van der Waals surface area contributed by atoms with Gasteiger partial charge in [0.1, 0.15) is 5.52 Å². The Morgan fingerprint density at radius 3 is 2.89 bits per heavy atom. The molecular formula is C22H29N5O. The third kappa shape index (κ3) is 4.11. The molecule has 1 aliphatic carbocycles. The van der Waals surface area contributed by atoms with Gasteiger partial charge in [0.15, 0.2) is 5.82 Å². The summed E-state index contributed by atoms with van der Waals surface area (Å²) in [7, 11) is 0. The fourth-order valence-corrected chi connectivity index (χ4v) is 4.33. The minimum Gasteiger partial charge on any atom is -0.382 e. The van der Waals surface area contributed by atoms with Gasteiger partial charge in [-0.2, -0.15) is 0 Å². The van der Waals surface area contributed by atoms with Crippen LogP contribution in [0.1, 0.15) is 51.4 Å². The highest BCUT2D eigenvalue weighted by Crippen LogP contribution is 2.28. The summed E-state index contributed by atoms with van der Waals surface area (Å²) in [5, 5.41) is 4.14. The van der Waals surface area contributed by atoms with Gasteiger partial charge in [-0.05, 0) is 31.2 Å². The molecule has 1 saturated carbocycles. The van der Waals surface area contributed by atoms with Crippen molar-refractivity contribution in [3.05, 3.63) is 30.6 Å². The lowest BCUT2D eigenvalue weighted by atomic mass is 10.0. The number of nitrogens with zero attached hydrogens (tertiary/aromatic N) is 3. The zero-order valence-corrected chi connectivity index (χ0v) is 16.4. The van der Waals surface area contributed by atoms with E-state index < -0.39 is 0 Å². The average molecular weight is 380 g/mol. The van der Waals surface area contributed by atoms with Gasteiger partial charge in [0.05, 0.1) is 17.4 Å². The first-order valence-corrected chi connectivity index (χ1v) is 10.5. The fourth-order valence-electron chi connectivity index (χ4n) is 4.33. The van der Waals surface area contributed by atoms with Crippen LogP contribution in [0.3, 0.4) is 0 Å². The molecule has 0 unspecified atom stereocenters. The standard InChI is InChI=1S/C22H29N5O/c23-22-20-21(17-9-3-4-10-18(17)26-22)27(15-25-20)14-6-5-13-24-19(28)12-11-16-7-1-2-8-16/h3-4,9-10,15-16H,1-2,5-8,11-14H2,(H2,23,26)(H,24,28). The van der Waals surface area contributed by atoms with Crippen LogP contribution >= 0.6 is 0 Å². The number of rotatable bonds is 8. The zero-order valence-electron chi connectivity index (χ0n) is 16.4. The van der Waals surface area contributed by atoms with E-state index >= 15 is 0 Å². The lowest BCUT2D eigenvalue weighted by molar-refractivity contribution is -0.121. The quantitative estimate of drug-likeness (QED) is 0.579. The molecular weight excluding hydrogens is 350 g/mol. The summed E-state index contributed by atoms with van der Waals surface area (Å²) < 4.78 is 2.15. The maximum absolute atomic E-state index is 12.0. The van der Waals surface area contributed by atoms with Crippen LogP contribution in [0.4, 0.5) is 5.82 Å². The van der Waals surface area contributed by atoms with E-state index in [1.165, 1.54) is 25.7 Å². The summed E-state index contributed by atoms with van der Waals surface area (Å²) in [5.41, 5.74) is 8.78. The number of nitrogens with two attached hydrogens (primary N) is 1. The highest BCUT2D eigenvalue weighted by atomic mass is 16.1. The van der Waals surface area contributed by atoms with Gasteiger partial charge in [-0.3, -0.25) is 4.79 Å². The van der Waals surface area contributed by atoms with Crippen molar-refractivity contribution >= 4 is 33.7 Å². The van der Waals surface area contributed by atoms with Crippen molar-refractivity contribution in [2.75, 3.05) is 12.3 Å². The highest BCUT2D eigenvalue weighted by Gasteiger charge is 2.16. The van der Waals surface area contributed by atoms with Crippen LogP contribution in [0.5, 0.6) is 0 Å². The minimum atomic E-state index is 0.199. The van der Waals surface area contributed by atoms with Crippen LogP contribution in [0.25, 0.3) is 21.9 Å². The van der Waals surface area contributed by atoms with Crippen molar-refractivity contribution < 1.29 is 4.79 Å². The maximum Gasteiger partial charge on any atom is 0.220 e. The molecule has 6 nitrogen and oxygen atoms in total. The summed E-state index contributed by atoms with van der Waals surface area (Å²) in [4.78, 5) is 20.9. The van der Waals surface area contributed by atoms with Crippen LogP contribution in [0.2, 0.25) is 0 Å². The van der Waals surface area contributed by atoms with Gasteiger partial charge in [0.2, 0.25) is 5.91 Å². The van der Waals surface area contributed by atoms with Gasteiger partial charge < -0.3 is 15.6 Å². The summed E-state index contributed by atoms with van der Waals surface area (Å²) in [6.45, 7) is 1.59. The molecule has 0 atom stereocenters. The Morgan fingerprint density at radius 2 is 2.04 bits per heavy atom. The molecule has 0 radical (unpaired) electrons. The van der Waals surface area contributed by atoms with E-state index in [4.69, 9.17) is 5.73 Å². The Balaban J connectivity index is 1.28. The highest BCUT2D eigenvalue weighted by molar-refractivity contribution is 6.06. The first kappa shape index (κ1) is 18.7. The topological polar surface area (TPSA) is 85.8 Å². The number of unbranched alkanes of at least 4 members (excludes halogenated alkanes) is 1. The van der Waals surface area contributed by atoms with Crippen LogP contribution in [0.15, 0.2) is 30.6 Å². The molecule has 0 spiro atoms. The molecule has 2 aromatic heterocycles. The number of carbonyl (C=O) groups is 1. The van der Waals surface area contributed by atoms with E-state index in [0.29, 0.717) is 12.2 Å². The van der Waals surface area contributed by atoms with Crippen LogP contribution in [-0.4, -0.2) is 27.0 Å². The van der Waals surface area contributed by atoms with E-state index in [-0.39, 0.29) is 5.91 Å². The molecule has 0 aliphatic heterocycles. The molecule has 1 aromatic carbocycles. The number of amides is 1. The van der Waals surface area contributed by atoms with Crippen molar-refractivity contribution in [3.8, 4) is 0 Å². The number of pyridine rings is 1. The number of aromatic nitrogens is 3. The predicted molar refractivity (Wildman–Crippen MR) is 113 cm³/mol. The molecule has 0 bridgehead atoms. The van der Waals surface area contributed by atoms with E-state index in [2.05, 4.69) is 25.9 Å². The Hall–Kier alpha value is -2.63. The third-order valence-corrected chi connectivity index (χ3v) is 5.88. The van der Waals surface area contributed by atoms with Crippen LogP contribution < -0.4 is 11.1 Å². The number of anilines is 1. The summed E-state index contributed by atoms with van der Waals surface area (Å²) in [5.74, 6) is 1.45. The van der Waals surface area contributed by atoms with Gasteiger partial charge in [0, 0.05) is 24.9 Å². The van der Waals surface area contributed by atoms with Crippen LogP contribution in [0, 0.1) is 5.92 Å². The monoisotopic (exact) mass is 379 g/mol. The lowest BCUT2D eigenvalue weighted by Crippen LogP contribution is -2.24. The van der Waals surface area contributed by atoms with Crippen molar-refractivity contribution in [3.63, 3.8) is 0 Å². The van der Waals surface area contributed by atoms with E-state index in [1.54, 1.807) is 0 Å². The Morgan fingerprint density at radius 1 is 1.21 bits per heavy atom. The van der Waals surface area contributed by atoms with Crippen molar-refractivity contribution in [2.24, 2.45) is 5.92 Å². The first-order chi connectivity index (χ1) is 13.7. The van der Waals surface area contributed by atoms with Crippen molar-refractivity contribution in [2.45, 2.75) is 57.9 Å². The lowest BCUT2D eigenvalue weighted by Gasteiger charge is -2.10. The second-order valence-corrected chi connectivity index (χ2v) is 7.90. The van der Waals surface area contributed by atoms with Gasteiger partial charge >= 0.3 is 0 Å². The largest absolute Gasteiger partial charge is 0.382 e. The number of benzene rings is 1. The molecule has 3 N–H and O–H groups in total. The number of fused-ring (bicyclic) bond motifs is 3. The van der Waals surface area contributed by atoms with Gasteiger partial charge in [-0.1, -0.05) is 43.9 Å². The summed E-state index contributed by atoms with van der Waals surface area (Å²) in [6.07, 6.45) is 10.8. The number of nitrogens with one attached hydrogen (secondary N) is 1. The van der Waals surface area contributed by atoms with Gasteiger partial charge in [-0.15, -0.1) is 0 Å². The Labute approximate surface area is 165 Å². The number of para-hydroxylation sites is 1. The Kier molecular flexibility index (Phi) is 5.74. The summed E-state index contributed by atoms with van der Waals surface area (Å²) in [6, 6.07) is 8.02. The van der Waals surface area contributed by atoms with Crippen molar-refractivity contribution in [1.82, 2.24) is 19.9 Å². The summed E-state index contributed by atoms with van der Waals surface area (Å²) >= 11 is 0. The molecule has 1 amide bonds. The number of aryl methyl sites for hydroxylation is 1. The number of nitrogen functional groups attached to an aromatic ring is 1. The number of hydrogen-bond donors (Lipinski definition) is 2. The minimum absolute atomic E-state index is 0.199. The van der Waals surface area contributed by atoms with Crippen LogP contribution in [-0.2, 0) is 11.3 Å². The van der Waals surface area contributed by atoms with E-state index in [0.717, 1.165) is 60.2 Å². The number of carbonyl (C=O) groups excluding carboxylic acids is 1. The normalized spacial score (nSPS) is 14.9. The van der Waals surface area contributed by atoms with Gasteiger partial charge in [-0.25, -0.2) is 9.97 Å². The molecule has 4 rings (SSSR count). The second kappa shape index (κ2) is 8.59. The zero-order chi connectivity index (χ0) is 19.3. The molecule has 3 aromatic rings. The smallest absolute Gasteiger partial charge is 0.220 e. The molecule has 1 fully saturated rings. The average Bonchev–Trinajstić information content (AvgIpc) is 3.37. The molecule has 0 saturated heterocycles. The fraction of sp³-hybridized carbons (Fsp3) is 0.500. The predicted octanol–water partition coefficient (Wildman–Crippen LogP) is 4.03. The molecule has 2 heterocycles. The number of imidazole rings is 1. The molecule has 148 valence electrons. The van der Waals surface area contributed by atoms with E-state index in [9.17, 15) is 4.79 Å². The molecule has 1 aliphatic rings. The molecule has 6 heteroatoms. The Bertz CT molecular complexity index is 958. The first-order valence-electron chi connectivity index (χ1n) is 10.5.